The molecule has 3 heteroatoms. The number of hydrogen-bond donors (Lipinski definition) is 0. The zero-order chi connectivity index (χ0) is 25.7. The van der Waals surface area contributed by atoms with Crippen molar-refractivity contribution in [3.8, 4) is 0 Å². The lowest BCUT2D eigenvalue weighted by Crippen LogP contribution is -2.32. The molecule has 1 aromatic carbocycles. The zero-order valence-electron chi connectivity index (χ0n) is 22.7. The molecule has 0 aliphatic carbocycles. The number of unbranched alkanes of at least 4 members (excludes halogenated alkanes) is 2. The van der Waals surface area contributed by atoms with Gasteiger partial charge in [0.2, 0.25) is 0 Å². The highest BCUT2D eigenvalue weighted by molar-refractivity contribution is 5.93. The number of benzene rings is 1. The Morgan fingerprint density at radius 2 is 1.64 bits per heavy atom. The summed E-state index contributed by atoms with van der Waals surface area (Å²) in [6, 6.07) is 14.3. The molecule has 0 N–H and O–H groups in total. The van der Waals surface area contributed by atoms with Crippen LogP contribution in [0.1, 0.15) is 104 Å². The molecule has 0 bridgehead atoms. The van der Waals surface area contributed by atoms with Crippen molar-refractivity contribution in [1.29, 1.82) is 0 Å². The Hall–Kier alpha value is -2.68. The first-order valence-corrected chi connectivity index (χ1v) is 13.7. The molecule has 0 radical (unpaired) electrons. The van der Waals surface area contributed by atoms with Crippen LogP contribution in [0.25, 0.3) is 11.8 Å². The minimum Gasteiger partial charge on any atom is -0.372 e. The minimum absolute atomic E-state index is 0. The van der Waals surface area contributed by atoms with Crippen molar-refractivity contribution >= 4 is 17.6 Å². The lowest BCUT2D eigenvalue weighted by Gasteiger charge is -2.35. The van der Waals surface area contributed by atoms with E-state index in [0.717, 1.165) is 24.3 Å². The van der Waals surface area contributed by atoms with Crippen molar-refractivity contribution in [2.24, 2.45) is 5.92 Å². The average Bonchev–Trinajstić information content (AvgIpc) is 2.91. The SMILES string of the molecule is C.C=C(c1ccccc1)N1CCC(CCCC)CC1.CCC.CCCCC(=O)/C=C/c1cccnc1. The van der Waals surface area contributed by atoms with Gasteiger partial charge < -0.3 is 4.90 Å². The highest BCUT2D eigenvalue weighted by Crippen LogP contribution is 2.27. The van der Waals surface area contributed by atoms with Crippen LogP contribution >= 0.6 is 0 Å². The molecule has 0 atom stereocenters. The molecule has 1 aromatic heterocycles. The van der Waals surface area contributed by atoms with Crippen molar-refractivity contribution in [2.75, 3.05) is 13.1 Å². The zero-order valence-corrected chi connectivity index (χ0v) is 22.7. The molecule has 2 aromatic rings. The number of allylic oxidation sites excluding steroid dienone is 1. The predicted molar refractivity (Wildman–Crippen MR) is 160 cm³/mol. The van der Waals surface area contributed by atoms with Crippen LogP contribution in [0.5, 0.6) is 0 Å². The van der Waals surface area contributed by atoms with Crippen LogP contribution in [-0.2, 0) is 4.79 Å². The third-order valence-electron chi connectivity index (χ3n) is 5.99. The second-order valence-corrected chi connectivity index (χ2v) is 9.28. The van der Waals surface area contributed by atoms with Crippen molar-refractivity contribution in [3.05, 3.63) is 78.6 Å². The highest BCUT2D eigenvalue weighted by Gasteiger charge is 2.19. The molecule has 0 spiro atoms. The third-order valence-corrected chi connectivity index (χ3v) is 5.99. The molecule has 1 aliphatic heterocycles. The van der Waals surface area contributed by atoms with Crippen molar-refractivity contribution < 1.29 is 4.79 Å². The van der Waals surface area contributed by atoms with E-state index in [4.69, 9.17) is 0 Å². The molecule has 3 rings (SSSR count). The second kappa shape index (κ2) is 21.6. The summed E-state index contributed by atoms with van der Waals surface area (Å²) in [5.41, 5.74) is 3.44. The molecule has 0 amide bonds. The average molecular weight is 493 g/mol. The van der Waals surface area contributed by atoms with Crippen LogP contribution < -0.4 is 0 Å². The van der Waals surface area contributed by atoms with Gasteiger partial charge in [0.1, 0.15) is 0 Å². The number of ketones is 1. The quantitative estimate of drug-likeness (QED) is 0.310. The lowest BCUT2D eigenvalue weighted by atomic mass is 9.91. The molecule has 2 heterocycles. The maximum atomic E-state index is 11.3. The molecular weight excluding hydrogens is 440 g/mol. The number of pyridine rings is 1. The van der Waals surface area contributed by atoms with Crippen LogP contribution in [0.15, 0.2) is 67.5 Å². The topological polar surface area (TPSA) is 33.2 Å². The highest BCUT2D eigenvalue weighted by atomic mass is 16.1. The predicted octanol–water partition coefficient (Wildman–Crippen LogP) is 9.47. The van der Waals surface area contributed by atoms with Gasteiger partial charge in [0, 0.05) is 37.6 Å². The molecule has 36 heavy (non-hydrogen) atoms. The first-order valence-electron chi connectivity index (χ1n) is 13.7. The van der Waals surface area contributed by atoms with E-state index in [1.807, 2.05) is 18.2 Å². The molecule has 200 valence electrons. The Morgan fingerprint density at radius 1 is 1.00 bits per heavy atom. The Morgan fingerprint density at radius 3 is 2.19 bits per heavy atom. The number of hydrogen-bond acceptors (Lipinski definition) is 3. The summed E-state index contributed by atoms with van der Waals surface area (Å²) in [6.07, 6.45) is 17.6. The Labute approximate surface area is 222 Å². The van der Waals surface area contributed by atoms with Crippen LogP contribution in [-0.4, -0.2) is 28.8 Å². The number of likely N-dealkylation sites (tertiary alicyclic amines) is 1. The molecule has 1 aliphatic rings. The van der Waals surface area contributed by atoms with Gasteiger partial charge in [0.15, 0.2) is 5.78 Å². The van der Waals surface area contributed by atoms with Crippen LogP contribution in [0, 0.1) is 5.92 Å². The van der Waals surface area contributed by atoms with Gasteiger partial charge in [-0.3, -0.25) is 9.78 Å². The summed E-state index contributed by atoms with van der Waals surface area (Å²) in [5, 5.41) is 0. The molecule has 1 saturated heterocycles. The van der Waals surface area contributed by atoms with E-state index in [1.54, 1.807) is 18.5 Å². The van der Waals surface area contributed by atoms with Gasteiger partial charge in [0.05, 0.1) is 0 Å². The summed E-state index contributed by atoms with van der Waals surface area (Å²) in [4.78, 5) is 17.7. The van der Waals surface area contributed by atoms with Gasteiger partial charge in [-0.15, -0.1) is 0 Å². The van der Waals surface area contributed by atoms with E-state index in [9.17, 15) is 4.79 Å². The maximum absolute atomic E-state index is 11.3. The van der Waals surface area contributed by atoms with Crippen LogP contribution in [0.3, 0.4) is 0 Å². The first kappa shape index (κ1) is 33.3. The second-order valence-electron chi connectivity index (χ2n) is 9.28. The summed E-state index contributed by atoms with van der Waals surface area (Å²) in [6.45, 7) is 15.2. The minimum atomic E-state index is 0. The monoisotopic (exact) mass is 492 g/mol. The summed E-state index contributed by atoms with van der Waals surface area (Å²) in [5.74, 6) is 1.14. The van der Waals surface area contributed by atoms with Crippen molar-refractivity contribution in [1.82, 2.24) is 9.88 Å². The maximum Gasteiger partial charge on any atom is 0.155 e. The summed E-state index contributed by atoms with van der Waals surface area (Å²) < 4.78 is 0. The number of aromatic nitrogens is 1. The fourth-order valence-corrected chi connectivity index (χ4v) is 3.90. The largest absolute Gasteiger partial charge is 0.372 e. The number of rotatable bonds is 10. The molecular formula is C33H52N2O. The van der Waals surface area contributed by atoms with Gasteiger partial charge in [-0.05, 0) is 54.5 Å². The normalized spacial score (nSPS) is 13.1. The molecule has 0 unspecified atom stereocenters. The van der Waals surface area contributed by atoms with Gasteiger partial charge >= 0.3 is 0 Å². The number of carbonyl (C=O) groups is 1. The Kier molecular flexibility index (Phi) is 20.0. The molecule has 1 fully saturated rings. The Balaban J connectivity index is 0.000000613. The lowest BCUT2D eigenvalue weighted by molar-refractivity contribution is -0.114. The van der Waals surface area contributed by atoms with E-state index < -0.39 is 0 Å². The van der Waals surface area contributed by atoms with Gasteiger partial charge in [-0.25, -0.2) is 0 Å². The van der Waals surface area contributed by atoms with E-state index in [0.29, 0.717) is 6.42 Å². The van der Waals surface area contributed by atoms with E-state index in [2.05, 4.69) is 74.5 Å². The Bertz CT molecular complexity index is 821. The third kappa shape index (κ3) is 14.7. The van der Waals surface area contributed by atoms with E-state index in [1.165, 1.54) is 62.9 Å². The van der Waals surface area contributed by atoms with Gasteiger partial charge in [-0.2, -0.15) is 0 Å². The van der Waals surface area contributed by atoms with Crippen LogP contribution in [0.4, 0.5) is 0 Å². The first-order chi connectivity index (χ1) is 17.0. The van der Waals surface area contributed by atoms with Crippen LogP contribution in [0.2, 0.25) is 0 Å². The van der Waals surface area contributed by atoms with E-state index in [-0.39, 0.29) is 13.2 Å². The number of piperidine rings is 1. The molecule has 0 saturated carbocycles. The van der Waals surface area contributed by atoms with Crippen molar-refractivity contribution in [3.63, 3.8) is 0 Å². The standard InChI is InChI=1S/C17H25N.C12H15NO.C3H8.CH4/c1-3-4-8-16-11-13-18(14-12-16)15(2)17-9-6-5-7-10-17;1-2-3-6-12(14)8-7-11-5-4-9-13-10-11;1-3-2;/h5-7,9-10,16H,2-4,8,11-14H2,1H3;4-5,7-10H,2-3,6H2,1H3;3H2,1-2H3;1H4/b;8-7+;;. The number of nitrogens with zero attached hydrogens (tertiary/aromatic N) is 2. The number of carbonyl (C=O) groups excluding carboxylic acids is 1. The molecule has 3 nitrogen and oxygen atoms in total. The van der Waals surface area contributed by atoms with Gasteiger partial charge in [0.25, 0.3) is 0 Å². The summed E-state index contributed by atoms with van der Waals surface area (Å²) in [7, 11) is 0. The van der Waals surface area contributed by atoms with E-state index >= 15 is 0 Å². The summed E-state index contributed by atoms with van der Waals surface area (Å²) >= 11 is 0. The fourth-order valence-electron chi connectivity index (χ4n) is 3.90. The van der Waals surface area contributed by atoms with Gasteiger partial charge in [-0.1, -0.05) is 110 Å². The fraction of sp³-hybridized carbons (Fsp3) is 0.515. The smallest absolute Gasteiger partial charge is 0.155 e. The van der Waals surface area contributed by atoms with Crippen molar-refractivity contribution in [2.45, 2.75) is 92.9 Å².